The molecule has 0 aliphatic heterocycles. The zero-order chi connectivity index (χ0) is 15.1. The van der Waals surface area contributed by atoms with Crippen molar-refractivity contribution in [3.63, 3.8) is 0 Å². The SMILES string of the molecule is CCCNC(CC(CC)CC)c1ccc2ccccc2c1. The average molecular weight is 283 g/mol. The van der Waals surface area contributed by atoms with Gasteiger partial charge in [0.2, 0.25) is 0 Å². The first-order valence-electron chi connectivity index (χ1n) is 8.50. The molecule has 21 heavy (non-hydrogen) atoms. The zero-order valence-corrected chi connectivity index (χ0v) is 13.7. The Kier molecular flexibility index (Phi) is 6.25. The third-order valence-electron chi connectivity index (χ3n) is 4.54. The van der Waals surface area contributed by atoms with Crippen LogP contribution in [0.4, 0.5) is 0 Å². The van der Waals surface area contributed by atoms with Crippen LogP contribution in [-0.2, 0) is 0 Å². The molecule has 0 heterocycles. The maximum absolute atomic E-state index is 3.75. The third kappa shape index (κ3) is 4.31. The van der Waals surface area contributed by atoms with E-state index in [0.29, 0.717) is 6.04 Å². The van der Waals surface area contributed by atoms with Gasteiger partial charge in [0.15, 0.2) is 0 Å². The van der Waals surface area contributed by atoms with Gasteiger partial charge in [-0.25, -0.2) is 0 Å². The molecule has 0 saturated heterocycles. The fourth-order valence-electron chi connectivity index (χ4n) is 3.04. The second-order valence-corrected chi connectivity index (χ2v) is 6.03. The predicted molar refractivity (Wildman–Crippen MR) is 93.7 cm³/mol. The number of hydrogen-bond acceptors (Lipinski definition) is 1. The van der Waals surface area contributed by atoms with E-state index < -0.39 is 0 Å². The van der Waals surface area contributed by atoms with E-state index in [4.69, 9.17) is 0 Å². The Balaban J connectivity index is 2.24. The third-order valence-corrected chi connectivity index (χ3v) is 4.54. The van der Waals surface area contributed by atoms with Gasteiger partial charge in [0.05, 0.1) is 0 Å². The highest BCUT2D eigenvalue weighted by Gasteiger charge is 2.15. The van der Waals surface area contributed by atoms with E-state index >= 15 is 0 Å². The van der Waals surface area contributed by atoms with Crippen LogP contribution in [0.25, 0.3) is 10.8 Å². The molecule has 0 saturated carbocycles. The van der Waals surface area contributed by atoms with Crippen LogP contribution in [0.3, 0.4) is 0 Å². The molecule has 2 aromatic carbocycles. The molecule has 114 valence electrons. The highest BCUT2D eigenvalue weighted by Crippen LogP contribution is 2.27. The number of fused-ring (bicyclic) bond motifs is 1. The second-order valence-electron chi connectivity index (χ2n) is 6.03. The summed E-state index contributed by atoms with van der Waals surface area (Å²) in [6.45, 7) is 7.95. The van der Waals surface area contributed by atoms with Crippen molar-refractivity contribution < 1.29 is 0 Å². The quantitative estimate of drug-likeness (QED) is 0.654. The van der Waals surface area contributed by atoms with E-state index in [1.54, 1.807) is 0 Å². The summed E-state index contributed by atoms with van der Waals surface area (Å²) in [4.78, 5) is 0. The van der Waals surface area contributed by atoms with Crippen LogP contribution in [0.2, 0.25) is 0 Å². The Morgan fingerprint density at radius 3 is 2.29 bits per heavy atom. The average Bonchev–Trinajstić information content (AvgIpc) is 2.55. The molecule has 0 aliphatic rings. The first-order chi connectivity index (χ1) is 10.3. The maximum Gasteiger partial charge on any atom is 0.0323 e. The van der Waals surface area contributed by atoms with Crippen molar-refractivity contribution in [1.82, 2.24) is 5.32 Å². The van der Waals surface area contributed by atoms with Crippen LogP contribution in [0.1, 0.15) is 58.1 Å². The summed E-state index contributed by atoms with van der Waals surface area (Å²) in [5.74, 6) is 0.811. The molecule has 1 heteroatoms. The number of benzene rings is 2. The van der Waals surface area contributed by atoms with E-state index in [1.807, 2.05) is 0 Å². The summed E-state index contributed by atoms with van der Waals surface area (Å²) in [6.07, 6.45) is 4.97. The molecule has 0 bridgehead atoms. The highest BCUT2D eigenvalue weighted by molar-refractivity contribution is 5.83. The fraction of sp³-hybridized carbons (Fsp3) is 0.500. The van der Waals surface area contributed by atoms with E-state index in [2.05, 4.69) is 68.6 Å². The molecule has 0 fully saturated rings. The minimum absolute atomic E-state index is 0.486. The Morgan fingerprint density at radius 1 is 0.905 bits per heavy atom. The monoisotopic (exact) mass is 283 g/mol. The Morgan fingerprint density at radius 2 is 1.62 bits per heavy atom. The predicted octanol–water partition coefficient (Wildman–Crippen LogP) is 5.71. The Hall–Kier alpha value is -1.34. The van der Waals surface area contributed by atoms with Crippen molar-refractivity contribution in [3.8, 4) is 0 Å². The minimum Gasteiger partial charge on any atom is -0.310 e. The summed E-state index contributed by atoms with van der Waals surface area (Å²) in [6, 6.07) is 16.1. The van der Waals surface area contributed by atoms with Crippen LogP contribution in [0, 0.1) is 5.92 Å². The molecule has 1 N–H and O–H groups in total. The van der Waals surface area contributed by atoms with Gasteiger partial charge in [-0.1, -0.05) is 70.0 Å². The van der Waals surface area contributed by atoms with Gasteiger partial charge in [-0.05, 0) is 47.7 Å². The van der Waals surface area contributed by atoms with Gasteiger partial charge in [-0.15, -0.1) is 0 Å². The Labute approximate surface area is 129 Å². The Bertz CT molecular complexity index is 542. The number of rotatable bonds is 8. The van der Waals surface area contributed by atoms with Crippen LogP contribution < -0.4 is 5.32 Å². The van der Waals surface area contributed by atoms with Crippen LogP contribution in [0.15, 0.2) is 42.5 Å². The topological polar surface area (TPSA) is 12.0 Å². The standard InChI is InChI=1S/C20H29N/c1-4-13-21-20(14-16(5-2)6-3)19-12-11-17-9-7-8-10-18(17)15-19/h7-12,15-16,20-21H,4-6,13-14H2,1-3H3. The van der Waals surface area contributed by atoms with E-state index in [9.17, 15) is 0 Å². The highest BCUT2D eigenvalue weighted by atomic mass is 14.9. The van der Waals surface area contributed by atoms with Gasteiger partial charge in [-0.2, -0.15) is 0 Å². The number of hydrogen-bond donors (Lipinski definition) is 1. The van der Waals surface area contributed by atoms with Gasteiger partial charge in [0.25, 0.3) is 0 Å². The molecule has 0 spiro atoms. The molecule has 0 amide bonds. The second kappa shape index (κ2) is 8.19. The normalized spacial score (nSPS) is 13.0. The summed E-state index contributed by atoms with van der Waals surface area (Å²) < 4.78 is 0. The molecular formula is C20H29N. The molecule has 0 aromatic heterocycles. The van der Waals surface area contributed by atoms with Crippen molar-refractivity contribution in [2.75, 3.05) is 6.54 Å². The van der Waals surface area contributed by atoms with Gasteiger partial charge < -0.3 is 5.32 Å². The van der Waals surface area contributed by atoms with Crippen LogP contribution in [0.5, 0.6) is 0 Å². The molecule has 1 nitrogen and oxygen atoms in total. The van der Waals surface area contributed by atoms with E-state index in [1.165, 1.54) is 42.0 Å². The van der Waals surface area contributed by atoms with E-state index in [-0.39, 0.29) is 0 Å². The number of nitrogens with one attached hydrogen (secondary N) is 1. The van der Waals surface area contributed by atoms with Crippen molar-refractivity contribution in [3.05, 3.63) is 48.0 Å². The summed E-state index contributed by atoms with van der Waals surface area (Å²) in [5.41, 5.74) is 1.44. The summed E-state index contributed by atoms with van der Waals surface area (Å²) in [5, 5.41) is 6.43. The fourth-order valence-corrected chi connectivity index (χ4v) is 3.04. The van der Waals surface area contributed by atoms with Crippen molar-refractivity contribution >= 4 is 10.8 Å². The molecule has 2 aromatic rings. The van der Waals surface area contributed by atoms with Crippen molar-refractivity contribution in [2.24, 2.45) is 5.92 Å². The van der Waals surface area contributed by atoms with E-state index in [0.717, 1.165) is 12.5 Å². The van der Waals surface area contributed by atoms with Gasteiger partial charge >= 0.3 is 0 Å². The van der Waals surface area contributed by atoms with Gasteiger partial charge in [0, 0.05) is 6.04 Å². The lowest BCUT2D eigenvalue weighted by molar-refractivity contribution is 0.371. The lowest BCUT2D eigenvalue weighted by Crippen LogP contribution is -2.24. The molecular weight excluding hydrogens is 254 g/mol. The van der Waals surface area contributed by atoms with Crippen molar-refractivity contribution in [1.29, 1.82) is 0 Å². The molecule has 0 aliphatic carbocycles. The smallest absolute Gasteiger partial charge is 0.0323 e. The zero-order valence-electron chi connectivity index (χ0n) is 13.7. The first-order valence-corrected chi connectivity index (χ1v) is 8.50. The van der Waals surface area contributed by atoms with Crippen LogP contribution in [-0.4, -0.2) is 6.54 Å². The molecule has 1 unspecified atom stereocenters. The van der Waals surface area contributed by atoms with Gasteiger partial charge in [0.1, 0.15) is 0 Å². The summed E-state index contributed by atoms with van der Waals surface area (Å²) >= 11 is 0. The molecule has 1 atom stereocenters. The molecule has 2 rings (SSSR count). The lowest BCUT2D eigenvalue weighted by Gasteiger charge is -2.24. The lowest BCUT2D eigenvalue weighted by atomic mass is 9.90. The maximum atomic E-state index is 3.75. The summed E-state index contributed by atoms with van der Waals surface area (Å²) in [7, 11) is 0. The van der Waals surface area contributed by atoms with Crippen molar-refractivity contribution in [2.45, 2.75) is 52.5 Å². The van der Waals surface area contributed by atoms with Gasteiger partial charge in [-0.3, -0.25) is 0 Å². The first kappa shape index (κ1) is 16.0. The van der Waals surface area contributed by atoms with Crippen LogP contribution >= 0.6 is 0 Å². The molecule has 0 radical (unpaired) electrons. The largest absolute Gasteiger partial charge is 0.310 e. The minimum atomic E-state index is 0.486.